The molecule has 0 aliphatic heterocycles. The van der Waals surface area contributed by atoms with Crippen LogP contribution in [0, 0.1) is 15.3 Å². The van der Waals surface area contributed by atoms with Crippen molar-refractivity contribution in [2.75, 3.05) is 0 Å². The van der Waals surface area contributed by atoms with Crippen molar-refractivity contribution in [1.29, 1.82) is 0 Å². The Kier molecular flexibility index (Phi) is 36.0. The zero-order chi connectivity index (χ0) is 7.15. The van der Waals surface area contributed by atoms with E-state index in [-0.39, 0.29) is 22.5 Å². The molecule has 0 aliphatic carbocycles. The van der Waals surface area contributed by atoms with Crippen molar-refractivity contribution in [2.24, 2.45) is 0 Å². The molecule has 62 valence electrons. The first-order chi connectivity index (χ1) is 3.46. The van der Waals surface area contributed by atoms with Gasteiger partial charge in [0, 0.05) is 5.97 Å². The molecule has 0 amide bonds. The Hall–Kier alpha value is -0.851. The molecule has 0 spiro atoms. The van der Waals surface area contributed by atoms with Crippen molar-refractivity contribution in [3.05, 3.63) is 15.3 Å². The van der Waals surface area contributed by atoms with Crippen LogP contribution in [0.25, 0.3) is 0 Å². The smallest absolute Gasteiger partial charge is 0.550 e. The van der Waals surface area contributed by atoms with Gasteiger partial charge in [0.2, 0.25) is 0 Å². The molecule has 0 aromatic rings. The van der Waals surface area contributed by atoms with Gasteiger partial charge in [-0.15, -0.1) is 0 Å². The molecule has 0 bridgehead atoms. The molecule has 0 aromatic carbocycles. The van der Waals surface area contributed by atoms with Crippen LogP contribution >= 0.6 is 0 Å². The number of nitrogens with zero attached hydrogens (tertiary/aromatic N) is 1. The van der Waals surface area contributed by atoms with Crippen molar-refractivity contribution in [3.8, 4) is 0 Å². The van der Waals surface area contributed by atoms with Gasteiger partial charge < -0.3 is 30.7 Å². The number of hydrogen-bond donors (Lipinski definition) is 0. The third-order valence-corrected chi connectivity index (χ3v) is 0. The molecule has 0 aromatic heterocycles. The standard InChI is InChI=1S/C2H4O2.Fe.NO3.H2O/c1-2(3)4;;2-1(3)4;/h1H3,(H,3,4);;;1H2/q;+2;-1;/p-1. The third-order valence-electron chi connectivity index (χ3n) is 0. The number of carbonyl (C=O) groups excluding carboxylic acids is 1. The SMILES string of the molecule is CC(=O)[O-].O.O=[N+]([O-])[O-].[Fe+2]. The Balaban J connectivity index is -0.0000000300. The monoisotopic (exact) mass is 195 g/mol. The molecule has 0 aliphatic rings. The van der Waals surface area contributed by atoms with Crippen LogP contribution in [-0.4, -0.2) is 16.5 Å². The second kappa shape index (κ2) is 15.7. The summed E-state index contributed by atoms with van der Waals surface area (Å²) in [6, 6.07) is 0. The van der Waals surface area contributed by atoms with Crippen molar-refractivity contribution in [1.82, 2.24) is 0 Å². The Bertz CT molecular complexity index is 73.7. The molecule has 0 heterocycles. The van der Waals surface area contributed by atoms with Gasteiger partial charge in [0.15, 0.2) is 0 Å². The first kappa shape index (κ1) is 22.9. The molecule has 0 unspecified atom stereocenters. The summed E-state index contributed by atoms with van der Waals surface area (Å²) in [5.41, 5.74) is 0. The van der Waals surface area contributed by atoms with Crippen LogP contribution < -0.4 is 5.11 Å². The van der Waals surface area contributed by atoms with Gasteiger partial charge in [0.05, 0.1) is 5.09 Å². The molecular formula is C2H5FeNO6. The number of aliphatic carboxylic acids is 1. The molecule has 0 radical (unpaired) electrons. The fraction of sp³-hybridized carbons (Fsp3) is 0.500. The fourth-order valence-corrected chi connectivity index (χ4v) is 0. The topological polar surface area (TPSA) is 138 Å². The summed E-state index contributed by atoms with van der Waals surface area (Å²) in [6.45, 7) is 0.972. The van der Waals surface area contributed by atoms with Crippen LogP contribution in [0.15, 0.2) is 0 Å². The predicted molar refractivity (Wildman–Crippen MR) is 24.7 cm³/mol. The van der Waals surface area contributed by atoms with Gasteiger partial charge >= 0.3 is 17.1 Å². The van der Waals surface area contributed by atoms with E-state index >= 15 is 0 Å². The molecule has 2 N–H and O–H groups in total. The minimum Gasteiger partial charge on any atom is -0.550 e. The van der Waals surface area contributed by atoms with E-state index in [2.05, 4.69) is 0 Å². The zero-order valence-electron chi connectivity index (χ0n) is 4.84. The summed E-state index contributed by atoms with van der Waals surface area (Å²) in [6.07, 6.45) is 0. The van der Waals surface area contributed by atoms with E-state index in [9.17, 15) is 0 Å². The van der Waals surface area contributed by atoms with Gasteiger partial charge in [-0.25, -0.2) is 0 Å². The maximum Gasteiger partial charge on any atom is 2.00 e. The van der Waals surface area contributed by atoms with E-state index in [4.69, 9.17) is 25.2 Å². The summed E-state index contributed by atoms with van der Waals surface area (Å²) in [4.78, 5) is 17.1. The zero-order valence-corrected chi connectivity index (χ0v) is 5.95. The van der Waals surface area contributed by atoms with E-state index in [1.54, 1.807) is 0 Å². The minimum absolute atomic E-state index is 0. The Morgan fingerprint density at radius 3 is 1.40 bits per heavy atom. The minimum atomic E-state index is -1.75. The molecule has 7 nitrogen and oxygen atoms in total. The van der Waals surface area contributed by atoms with Gasteiger partial charge in [-0.05, 0) is 6.92 Å². The third kappa shape index (κ3) is 374. The average Bonchev–Trinajstić information content (AvgIpc) is 1.25. The summed E-state index contributed by atoms with van der Waals surface area (Å²) >= 11 is 0. The molecular weight excluding hydrogens is 190 g/mol. The van der Waals surface area contributed by atoms with Crippen molar-refractivity contribution in [2.45, 2.75) is 6.92 Å². The fourth-order valence-electron chi connectivity index (χ4n) is 0. The van der Waals surface area contributed by atoms with Gasteiger partial charge in [-0.3, -0.25) is 0 Å². The van der Waals surface area contributed by atoms with Gasteiger partial charge in [-0.2, -0.15) is 0 Å². The molecule has 0 rings (SSSR count). The second-order valence-corrected chi connectivity index (χ2v) is 0.715. The normalized spacial score (nSPS) is 4.90. The van der Waals surface area contributed by atoms with Gasteiger partial charge in [0.1, 0.15) is 0 Å². The maximum absolute atomic E-state index is 8.89. The average molecular weight is 195 g/mol. The Labute approximate surface area is 66.5 Å². The van der Waals surface area contributed by atoms with E-state index in [1.807, 2.05) is 0 Å². The Morgan fingerprint density at radius 2 is 1.40 bits per heavy atom. The molecule has 0 saturated carbocycles. The van der Waals surface area contributed by atoms with E-state index in [0.717, 1.165) is 6.92 Å². The summed E-state index contributed by atoms with van der Waals surface area (Å²) in [7, 11) is 0. The van der Waals surface area contributed by atoms with Crippen molar-refractivity contribution in [3.63, 3.8) is 0 Å². The number of carboxylic acid groups (broad SMARTS) is 1. The van der Waals surface area contributed by atoms with Crippen LogP contribution in [0.5, 0.6) is 0 Å². The Morgan fingerprint density at radius 1 is 1.40 bits per heavy atom. The maximum atomic E-state index is 8.89. The largest absolute Gasteiger partial charge is 2.00 e. The van der Waals surface area contributed by atoms with Crippen LogP contribution in [-0.2, 0) is 21.9 Å². The quantitative estimate of drug-likeness (QED) is 0.242. The summed E-state index contributed by atoms with van der Waals surface area (Å²) in [5.74, 6) is -1.08. The molecule has 0 saturated heterocycles. The van der Waals surface area contributed by atoms with Crippen molar-refractivity contribution < 1.29 is 37.5 Å². The van der Waals surface area contributed by atoms with Crippen LogP contribution in [0.4, 0.5) is 0 Å². The van der Waals surface area contributed by atoms with Gasteiger partial charge in [0.25, 0.3) is 0 Å². The van der Waals surface area contributed by atoms with E-state index < -0.39 is 11.1 Å². The number of rotatable bonds is 0. The second-order valence-electron chi connectivity index (χ2n) is 0.715. The summed E-state index contributed by atoms with van der Waals surface area (Å²) in [5, 5.41) is 23.6. The van der Waals surface area contributed by atoms with Gasteiger partial charge in [-0.1, -0.05) is 0 Å². The first-order valence-electron chi connectivity index (χ1n) is 1.46. The molecule has 0 atom stereocenters. The summed E-state index contributed by atoms with van der Waals surface area (Å²) < 4.78 is 0. The molecule has 10 heavy (non-hydrogen) atoms. The number of hydrogen-bond acceptors (Lipinski definition) is 5. The van der Waals surface area contributed by atoms with Crippen molar-refractivity contribution >= 4 is 5.97 Å². The number of carbonyl (C=O) groups is 1. The molecule has 0 fully saturated rings. The van der Waals surface area contributed by atoms with E-state index in [1.165, 1.54) is 0 Å². The van der Waals surface area contributed by atoms with Crippen LogP contribution in [0.1, 0.15) is 6.92 Å². The first-order valence-corrected chi connectivity index (χ1v) is 1.46. The van der Waals surface area contributed by atoms with E-state index in [0.29, 0.717) is 0 Å². The van der Waals surface area contributed by atoms with Crippen LogP contribution in [0.2, 0.25) is 0 Å². The predicted octanol–water partition coefficient (Wildman–Crippen LogP) is -2.31. The molecule has 8 heteroatoms. The van der Waals surface area contributed by atoms with Crippen LogP contribution in [0.3, 0.4) is 0 Å². The number of carboxylic acids is 1.